The van der Waals surface area contributed by atoms with Gasteiger partial charge in [-0.25, -0.2) is 0 Å². The minimum atomic E-state index is -2.48. The van der Waals surface area contributed by atoms with E-state index in [1.807, 2.05) is 12.1 Å². The van der Waals surface area contributed by atoms with Crippen molar-refractivity contribution in [2.75, 3.05) is 0 Å². The SMILES string of the molecule is CCCC#Cc1c2cc3ccccc3cc2c(C#C[Si](c2ccc(COC(=O)CCCC(=O)O)cc2)(C(C)C)C(C)C)c2cc3ccccc3cc12. The van der Waals surface area contributed by atoms with Crippen molar-refractivity contribution in [3.63, 3.8) is 0 Å². The molecule has 0 spiro atoms. The van der Waals surface area contributed by atoms with Crippen molar-refractivity contribution in [2.24, 2.45) is 0 Å². The zero-order valence-electron chi connectivity index (χ0n) is 30.8. The second-order valence-electron chi connectivity index (χ2n) is 14.3. The van der Waals surface area contributed by atoms with Crippen LogP contribution in [-0.2, 0) is 20.9 Å². The van der Waals surface area contributed by atoms with E-state index in [4.69, 9.17) is 9.84 Å². The molecule has 0 heterocycles. The minimum Gasteiger partial charge on any atom is -0.481 e. The predicted molar refractivity (Wildman–Crippen MR) is 218 cm³/mol. The molecule has 0 aliphatic rings. The molecule has 0 amide bonds. The maximum Gasteiger partial charge on any atom is 0.306 e. The largest absolute Gasteiger partial charge is 0.481 e. The van der Waals surface area contributed by atoms with E-state index in [2.05, 4.69) is 143 Å². The highest BCUT2D eigenvalue weighted by atomic mass is 28.3. The molecule has 4 nitrogen and oxygen atoms in total. The van der Waals surface area contributed by atoms with E-state index in [-0.39, 0.29) is 31.8 Å². The van der Waals surface area contributed by atoms with Gasteiger partial charge in [-0.15, -0.1) is 5.54 Å². The molecule has 6 aromatic carbocycles. The molecule has 0 aliphatic heterocycles. The van der Waals surface area contributed by atoms with E-state index >= 15 is 0 Å². The lowest BCUT2D eigenvalue weighted by atomic mass is 9.89. The number of fused-ring (bicyclic) bond motifs is 4. The van der Waals surface area contributed by atoms with Gasteiger partial charge in [0, 0.05) is 30.4 Å². The van der Waals surface area contributed by atoms with E-state index in [1.54, 1.807) is 0 Å². The Balaban J connectivity index is 1.52. The van der Waals surface area contributed by atoms with Crippen molar-refractivity contribution in [3.05, 3.63) is 114 Å². The molecule has 6 aromatic rings. The molecule has 6 rings (SSSR count). The molecule has 0 fully saturated rings. The minimum absolute atomic E-state index is 0.0437. The molecule has 0 saturated carbocycles. The fourth-order valence-electron chi connectivity index (χ4n) is 7.50. The molecule has 52 heavy (non-hydrogen) atoms. The normalized spacial score (nSPS) is 11.5. The third kappa shape index (κ3) is 7.47. The van der Waals surface area contributed by atoms with Gasteiger partial charge in [-0.05, 0) is 102 Å². The summed E-state index contributed by atoms with van der Waals surface area (Å²) in [7, 11) is -2.48. The van der Waals surface area contributed by atoms with Crippen LogP contribution in [0.2, 0.25) is 11.1 Å². The standard InChI is InChI=1S/C47H46O4Si/c1-6-7-8-18-40-42-27-35-14-9-11-16-37(35)29-44(42)41(45-30-38-17-12-10-15-36(38)28-43(40)45)25-26-52(32(2)3,33(4)5)39-23-21-34(22-24-39)31-51-47(50)20-13-19-46(48)49/h9-12,14-17,21-24,27-30,32-33H,6-7,13,19-20,31H2,1-5H3,(H,48,49). The summed E-state index contributed by atoms with van der Waals surface area (Å²) in [5, 5.41) is 19.4. The van der Waals surface area contributed by atoms with Crippen LogP contribution >= 0.6 is 0 Å². The molecular weight excluding hydrogens is 657 g/mol. The monoisotopic (exact) mass is 702 g/mol. The van der Waals surface area contributed by atoms with Crippen molar-refractivity contribution in [1.29, 1.82) is 0 Å². The number of hydrogen-bond acceptors (Lipinski definition) is 3. The Morgan fingerprint density at radius 2 is 1.17 bits per heavy atom. The lowest BCUT2D eigenvalue weighted by Gasteiger charge is -2.35. The van der Waals surface area contributed by atoms with Crippen LogP contribution < -0.4 is 5.19 Å². The number of esters is 1. The molecule has 1 N–H and O–H groups in total. The first-order chi connectivity index (χ1) is 25.1. The van der Waals surface area contributed by atoms with Crippen molar-refractivity contribution in [2.45, 2.75) is 84.4 Å². The number of hydrogen-bond donors (Lipinski definition) is 1. The van der Waals surface area contributed by atoms with Crippen LogP contribution in [0.25, 0.3) is 43.1 Å². The third-order valence-electron chi connectivity index (χ3n) is 10.3. The zero-order valence-corrected chi connectivity index (χ0v) is 31.8. The summed E-state index contributed by atoms with van der Waals surface area (Å²) in [5.74, 6) is 9.68. The maximum absolute atomic E-state index is 12.2. The predicted octanol–water partition coefficient (Wildman–Crippen LogP) is 10.8. The number of rotatable bonds is 10. The fourth-order valence-corrected chi connectivity index (χ4v) is 11.9. The number of carboxylic acids is 1. The maximum atomic E-state index is 12.2. The average molecular weight is 703 g/mol. The second-order valence-corrected chi connectivity index (χ2v) is 19.2. The van der Waals surface area contributed by atoms with Crippen LogP contribution in [0.4, 0.5) is 0 Å². The van der Waals surface area contributed by atoms with Crippen LogP contribution in [0, 0.1) is 23.3 Å². The Labute approximate surface area is 308 Å². The zero-order chi connectivity index (χ0) is 36.8. The average Bonchev–Trinajstić information content (AvgIpc) is 3.13. The Morgan fingerprint density at radius 1 is 0.692 bits per heavy atom. The Kier molecular flexibility index (Phi) is 11.1. The molecular formula is C47H46O4Si. The van der Waals surface area contributed by atoms with Crippen LogP contribution in [-0.4, -0.2) is 25.1 Å². The number of aliphatic carboxylic acids is 1. The van der Waals surface area contributed by atoms with Crippen LogP contribution in [0.15, 0.2) is 97.1 Å². The van der Waals surface area contributed by atoms with Gasteiger partial charge >= 0.3 is 11.9 Å². The summed E-state index contributed by atoms with van der Waals surface area (Å²) in [4.78, 5) is 23.0. The van der Waals surface area contributed by atoms with Crippen molar-refractivity contribution >= 4 is 68.3 Å². The quantitative estimate of drug-likeness (QED) is 0.0668. The Morgan fingerprint density at radius 3 is 1.62 bits per heavy atom. The van der Waals surface area contributed by atoms with Crippen LogP contribution in [0.1, 0.15) is 83.4 Å². The fraction of sp³-hybridized carbons (Fsp3) is 0.277. The van der Waals surface area contributed by atoms with Crippen molar-refractivity contribution < 1.29 is 19.4 Å². The third-order valence-corrected chi connectivity index (χ3v) is 15.7. The molecule has 0 bridgehead atoms. The summed E-state index contributed by atoms with van der Waals surface area (Å²) < 4.78 is 5.46. The van der Waals surface area contributed by atoms with Gasteiger partial charge < -0.3 is 9.84 Å². The number of carbonyl (C=O) groups excluding carboxylic acids is 1. The van der Waals surface area contributed by atoms with E-state index < -0.39 is 14.0 Å². The molecule has 0 aliphatic carbocycles. The molecule has 0 atom stereocenters. The smallest absolute Gasteiger partial charge is 0.306 e. The Bertz CT molecular complexity index is 2310. The highest BCUT2D eigenvalue weighted by Gasteiger charge is 2.41. The van der Waals surface area contributed by atoms with Gasteiger partial charge in [0.1, 0.15) is 6.61 Å². The summed E-state index contributed by atoms with van der Waals surface area (Å²) in [5.41, 5.74) is 7.71. The molecule has 0 saturated heterocycles. The van der Waals surface area contributed by atoms with E-state index in [0.29, 0.717) is 11.1 Å². The lowest BCUT2D eigenvalue weighted by molar-refractivity contribution is -0.145. The van der Waals surface area contributed by atoms with Crippen molar-refractivity contribution in [1.82, 2.24) is 0 Å². The lowest BCUT2D eigenvalue weighted by Crippen LogP contribution is -2.52. The van der Waals surface area contributed by atoms with Gasteiger partial charge in [0.15, 0.2) is 8.07 Å². The molecule has 0 aromatic heterocycles. The van der Waals surface area contributed by atoms with Gasteiger partial charge in [-0.3, -0.25) is 9.59 Å². The molecule has 0 radical (unpaired) electrons. The number of carboxylic acid groups (broad SMARTS) is 1. The van der Waals surface area contributed by atoms with Crippen LogP contribution in [0.5, 0.6) is 0 Å². The van der Waals surface area contributed by atoms with Gasteiger partial charge in [-0.1, -0.05) is 125 Å². The van der Waals surface area contributed by atoms with Gasteiger partial charge in [-0.2, -0.15) is 0 Å². The van der Waals surface area contributed by atoms with Crippen LogP contribution in [0.3, 0.4) is 0 Å². The van der Waals surface area contributed by atoms with Gasteiger partial charge in [0.05, 0.1) is 0 Å². The number of unbranched alkanes of at least 4 members (excludes halogenated alkanes) is 1. The number of ether oxygens (including phenoxy) is 1. The van der Waals surface area contributed by atoms with Gasteiger partial charge in [0.25, 0.3) is 0 Å². The first kappa shape index (κ1) is 36.4. The summed E-state index contributed by atoms with van der Waals surface area (Å²) in [6, 6.07) is 34.7. The molecule has 0 unspecified atom stereocenters. The summed E-state index contributed by atoms with van der Waals surface area (Å²) >= 11 is 0. The summed E-state index contributed by atoms with van der Waals surface area (Å²) in [6.45, 7) is 11.5. The van der Waals surface area contributed by atoms with E-state index in [1.165, 1.54) is 26.7 Å². The summed E-state index contributed by atoms with van der Waals surface area (Å²) in [6.07, 6.45) is 2.18. The highest BCUT2D eigenvalue weighted by molar-refractivity contribution is 7.00. The first-order valence-electron chi connectivity index (χ1n) is 18.4. The first-order valence-corrected chi connectivity index (χ1v) is 20.6. The second kappa shape index (κ2) is 15.9. The topological polar surface area (TPSA) is 63.6 Å². The van der Waals surface area contributed by atoms with Gasteiger partial charge in [0.2, 0.25) is 0 Å². The van der Waals surface area contributed by atoms with Crippen molar-refractivity contribution in [3.8, 4) is 23.3 Å². The number of carbonyl (C=O) groups is 2. The highest BCUT2D eigenvalue weighted by Crippen LogP contribution is 2.38. The van der Waals surface area contributed by atoms with E-state index in [9.17, 15) is 9.59 Å². The van der Waals surface area contributed by atoms with E-state index in [0.717, 1.165) is 51.1 Å². The number of benzene rings is 6. The molecule has 5 heteroatoms. The Hall–Kier alpha value is -5.36. The molecule has 262 valence electrons.